The molecule has 1 atom stereocenters. The zero-order valence-corrected chi connectivity index (χ0v) is 14.7. The van der Waals surface area contributed by atoms with Crippen LogP contribution < -0.4 is 15.8 Å². The number of rotatable bonds is 8. The van der Waals surface area contributed by atoms with Gasteiger partial charge in [-0.15, -0.1) is 11.3 Å². The molecule has 1 aromatic heterocycles. The van der Waals surface area contributed by atoms with Gasteiger partial charge in [-0.3, -0.25) is 9.59 Å². The van der Waals surface area contributed by atoms with E-state index in [4.69, 9.17) is 10.5 Å². The molecule has 0 bridgehead atoms. The first-order chi connectivity index (χ1) is 11.5. The first-order valence-corrected chi connectivity index (χ1v) is 8.67. The summed E-state index contributed by atoms with van der Waals surface area (Å²) >= 11 is 1.42. The first kappa shape index (κ1) is 18.0. The predicted molar refractivity (Wildman–Crippen MR) is 95.4 cm³/mol. The number of thiophene rings is 1. The molecular weight excluding hydrogens is 324 g/mol. The first-order valence-electron chi connectivity index (χ1n) is 7.85. The summed E-state index contributed by atoms with van der Waals surface area (Å²) in [6, 6.07) is 11.2. The van der Waals surface area contributed by atoms with E-state index >= 15 is 0 Å². The van der Waals surface area contributed by atoms with Crippen molar-refractivity contribution in [1.29, 1.82) is 0 Å². The van der Waals surface area contributed by atoms with Crippen molar-refractivity contribution in [1.82, 2.24) is 5.32 Å². The van der Waals surface area contributed by atoms with E-state index in [1.54, 1.807) is 6.07 Å². The van der Waals surface area contributed by atoms with Crippen LogP contribution in [-0.2, 0) is 11.2 Å². The Hall–Kier alpha value is -2.34. The van der Waals surface area contributed by atoms with E-state index in [-0.39, 0.29) is 12.5 Å². The zero-order valence-electron chi connectivity index (χ0n) is 13.9. The Balaban J connectivity index is 1.94. The van der Waals surface area contributed by atoms with E-state index in [0.717, 1.165) is 16.2 Å². The van der Waals surface area contributed by atoms with Crippen molar-refractivity contribution in [2.75, 3.05) is 13.2 Å². The van der Waals surface area contributed by atoms with Crippen molar-refractivity contribution in [3.63, 3.8) is 0 Å². The summed E-state index contributed by atoms with van der Waals surface area (Å²) < 4.78 is 5.40. The van der Waals surface area contributed by atoms with Gasteiger partial charge in [-0.1, -0.05) is 12.1 Å². The third-order valence-electron chi connectivity index (χ3n) is 3.59. The highest BCUT2D eigenvalue weighted by molar-refractivity contribution is 7.13. The van der Waals surface area contributed by atoms with E-state index in [1.165, 1.54) is 11.3 Å². The number of hydrogen-bond acceptors (Lipinski definition) is 4. The number of nitrogens with one attached hydrogen (secondary N) is 1. The highest BCUT2D eigenvalue weighted by Gasteiger charge is 2.18. The van der Waals surface area contributed by atoms with Crippen LogP contribution in [0.2, 0.25) is 0 Å². The minimum absolute atomic E-state index is 0.175. The van der Waals surface area contributed by atoms with E-state index in [9.17, 15) is 9.59 Å². The molecule has 0 spiro atoms. The topological polar surface area (TPSA) is 81.4 Å². The predicted octanol–water partition coefficient (Wildman–Crippen LogP) is 2.53. The Labute approximate surface area is 145 Å². The second kappa shape index (κ2) is 8.49. The minimum atomic E-state index is -0.451. The third kappa shape index (κ3) is 5.09. The molecule has 0 saturated carbocycles. The molecule has 0 radical (unpaired) electrons. The van der Waals surface area contributed by atoms with Crippen molar-refractivity contribution in [3.05, 3.63) is 51.7 Å². The quantitative estimate of drug-likeness (QED) is 0.771. The number of nitrogens with two attached hydrogens (primary N) is 1. The van der Waals surface area contributed by atoms with Crippen LogP contribution in [0.5, 0.6) is 5.75 Å². The molecule has 0 fully saturated rings. The maximum absolute atomic E-state index is 12.1. The summed E-state index contributed by atoms with van der Waals surface area (Å²) in [4.78, 5) is 25.5. The minimum Gasteiger partial charge on any atom is -0.494 e. The fourth-order valence-electron chi connectivity index (χ4n) is 2.31. The number of primary amides is 1. The summed E-state index contributed by atoms with van der Waals surface area (Å²) in [5.74, 6) is -0.260. The standard InChI is InChI=1S/C18H22N2O3S/c1-3-23-15-7-5-13(6-8-15)10-14(17(19)21)11-20-18(22)16-9-4-12(2)24-16/h4-9,14H,3,10-11H2,1-2H3,(H2,19,21)(H,20,22)/t14-/m1/s1. The van der Waals surface area contributed by atoms with E-state index in [1.807, 2.05) is 44.2 Å². The molecule has 0 aliphatic rings. The number of aryl methyl sites for hydroxylation is 1. The van der Waals surface area contributed by atoms with Crippen molar-refractivity contribution >= 4 is 23.2 Å². The number of hydrogen-bond donors (Lipinski definition) is 2. The molecule has 0 aliphatic heterocycles. The van der Waals surface area contributed by atoms with Gasteiger partial charge in [-0.05, 0) is 50.1 Å². The smallest absolute Gasteiger partial charge is 0.261 e. The van der Waals surface area contributed by atoms with Crippen molar-refractivity contribution < 1.29 is 14.3 Å². The van der Waals surface area contributed by atoms with Crippen molar-refractivity contribution in [3.8, 4) is 5.75 Å². The third-order valence-corrected chi connectivity index (χ3v) is 4.59. The molecule has 1 aromatic carbocycles. The van der Waals surface area contributed by atoms with Crippen LogP contribution in [0.25, 0.3) is 0 Å². The van der Waals surface area contributed by atoms with Gasteiger partial charge in [-0.2, -0.15) is 0 Å². The molecule has 2 aromatic rings. The fourth-order valence-corrected chi connectivity index (χ4v) is 3.09. The van der Waals surface area contributed by atoms with Crippen LogP contribution >= 0.6 is 11.3 Å². The summed E-state index contributed by atoms with van der Waals surface area (Å²) in [5.41, 5.74) is 6.45. The molecule has 2 rings (SSSR count). The summed E-state index contributed by atoms with van der Waals surface area (Å²) in [6.07, 6.45) is 0.478. The molecule has 128 valence electrons. The molecule has 6 heteroatoms. The Morgan fingerprint density at radius 2 is 1.92 bits per heavy atom. The molecule has 0 aliphatic carbocycles. The highest BCUT2D eigenvalue weighted by atomic mass is 32.1. The van der Waals surface area contributed by atoms with E-state index in [0.29, 0.717) is 17.9 Å². The number of amides is 2. The summed E-state index contributed by atoms with van der Waals surface area (Å²) in [7, 11) is 0. The Morgan fingerprint density at radius 1 is 1.21 bits per heavy atom. The molecule has 24 heavy (non-hydrogen) atoms. The van der Waals surface area contributed by atoms with Crippen LogP contribution in [-0.4, -0.2) is 25.0 Å². The molecule has 3 N–H and O–H groups in total. The molecule has 2 amide bonds. The van der Waals surface area contributed by atoms with Gasteiger partial charge >= 0.3 is 0 Å². The van der Waals surface area contributed by atoms with Crippen LogP contribution in [0.1, 0.15) is 27.0 Å². The highest BCUT2D eigenvalue weighted by Crippen LogP contribution is 2.16. The van der Waals surface area contributed by atoms with Gasteiger partial charge in [0.2, 0.25) is 5.91 Å². The lowest BCUT2D eigenvalue weighted by atomic mass is 9.98. The molecule has 0 unspecified atom stereocenters. The second-order valence-electron chi connectivity index (χ2n) is 5.50. The normalized spacial score (nSPS) is 11.8. The van der Waals surface area contributed by atoms with Crippen molar-refractivity contribution in [2.24, 2.45) is 11.7 Å². The SMILES string of the molecule is CCOc1ccc(C[C@H](CNC(=O)c2ccc(C)s2)C(N)=O)cc1. The summed E-state index contributed by atoms with van der Waals surface area (Å²) in [5, 5.41) is 2.79. The molecule has 0 saturated heterocycles. The number of benzene rings is 1. The van der Waals surface area contributed by atoms with Gasteiger partial charge in [0, 0.05) is 11.4 Å². The zero-order chi connectivity index (χ0) is 17.5. The molecule has 5 nitrogen and oxygen atoms in total. The average molecular weight is 346 g/mol. The maximum atomic E-state index is 12.1. The molecular formula is C18H22N2O3S. The fraction of sp³-hybridized carbons (Fsp3) is 0.333. The maximum Gasteiger partial charge on any atom is 0.261 e. The lowest BCUT2D eigenvalue weighted by Crippen LogP contribution is -2.37. The van der Waals surface area contributed by atoms with Crippen LogP contribution in [0.15, 0.2) is 36.4 Å². The molecule has 1 heterocycles. The number of carbonyl (C=O) groups excluding carboxylic acids is 2. The van der Waals surface area contributed by atoms with Crippen LogP contribution in [0, 0.1) is 12.8 Å². The Kier molecular flexibility index (Phi) is 6.37. The largest absolute Gasteiger partial charge is 0.494 e. The van der Waals surface area contributed by atoms with Crippen molar-refractivity contribution in [2.45, 2.75) is 20.3 Å². The Bertz CT molecular complexity index is 695. The van der Waals surface area contributed by atoms with Gasteiger partial charge in [0.25, 0.3) is 5.91 Å². The van der Waals surface area contributed by atoms with Gasteiger partial charge in [0.05, 0.1) is 17.4 Å². The van der Waals surface area contributed by atoms with Gasteiger partial charge in [0.1, 0.15) is 5.75 Å². The van der Waals surface area contributed by atoms with Gasteiger partial charge < -0.3 is 15.8 Å². The van der Waals surface area contributed by atoms with E-state index in [2.05, 4.69) is 5.32 Å². The number of carbonyl (C=O) groups is 2. The Morgan fingerprint density at radius 3 is 2.46 bits per heavy atom. The average Bonchev–Trinajstić information content (AvgIpc) is 2.99. The second-order valence-corrected chi connectivity index (χ2v) is 6.79. The monoisotopic (exact) mass is 346 g/mol. The van der Waals surface area contributed by atoms with Crippen LogP contribution in [0.3, 0.4) is 0 Å². The van der Waals surface area contributed by atoms with E-state index < -0.39 is 11.8 Å². The number of ether oxygens (including phenoxy) is 1. The lowest BCUT2D eigenvalue weighted by molar-refractivity contribution is -0.121. The van der Waals surface area contributed by atoms with Gasteiger partial charge in [-0.25, -0.2) is 0 Å². The lowest BCUT2D eigenvalue weighted by Gasteiger charge is -2.14. The van der Waals surface area contributed by atoms with Crippen LogP contribution in [0.4, 0.5) is 0 Å². The van der Waals surface area contributed by atoms with Gasteiger partial charge in [0.15, 0.2) is 0 Å². The summed E-state index contributed by atoms with van der Waals surface area (Å²) in [6.45, 7) is 4.70.